The maximum absolute atomic E-state index is 12.4. The van der Waals surface area contributed by atoms with E-state index >= 15 is 0 Å². The molecule has 0 fully saturated rings. The molecule has 2 aromatic carbocycles. The van der Waals surface area contributed by atoms with E-state index in [9.17, 15) is 4.79 Å². The van der Waals surface area contributed by atoms with Gasteiger partial charge in [-0.2, -0.15) is 0 Å². The third-order valence-electron chi connectivity index (χ3n) is 3.98. The monoisotopic (exact) mass is 325 g/mol. The van der Waals surface area contributed by atoms with E-state index in [1.165, 1.54) is 0 Å². The summed E-state index contributed by atoms with van der Waals surface area (Å²) in [7, 11) is 0. The van der Waals surface area contributed by atoms with Crippen molar-refractivity contribution in [1.29, 1.82) is 0 Å². The zero-order chi connectivity index (χ0) is 17.1. The number of nitrogens with one attached hydrogen (secondary N) is 1. The van der Waals surface area contributed by atoms with Crippen LogP contribution >= 0.6 is 0 Å². The van der Waals surface area contributed by atoms with Crippen LogP contribution < -0.4 is 14.8 Å². The second-order valence-corrected chi connectivity index (χ2v) is 6.18. The van der Waals surface area contributed by atoms with Crippen molar-refractivity contribution in [2.75, 3.05) is 11.9 Å². The molecule has 0 saturated carbocycles. The molecular formula is C20H23NO3. The van der Waals surface area contributed by atoms with E-state index in [-0.39, 0.29) is 17.9 Å². The molecule has 0 bridgehead atoms. The predicted octanol–water partition coefficient (Wildman–Crippen LogP) is 4.61. The molecule has 4 nitrogen and oxygen atoms in total. The highest BCUT2D eigenvalue weighted by Crippen LogP contribution is 2.36. The lowest BCUT2D eigenvalue weighted by Gasteiger charge is -2.27. The maximum atomic E-state index is 12.4. The van der Waals surface area contributed by atoms with E-state index in [0.29, 0.717) is 13.0 Å². The van der Waals surface area contributed by atoms with Crippen LogP contribution in [0, 0.1) is 0 Å². The molecule has 1 atom stereocenters. The van der Waals surface area contributed by atoms with Gasteiger partial charge in [0.25, 0.3) is 0 Å². The van der Waals surface area contributed by atoms with E-state index in [4.69, 9.17) is 9.47 Å². The van der Waals surface area contributed by atoms with Crippen molar-refractivity contribution in [3.8, 4) is 11.5 Å². The maximum Gasteiger partial charge on any atom is 0.167 e. The molecule has 4 heteroatoms. The molecule has 3 rings (SSSR count). The summed E-state index contributed by atoms with van der Waals surface area (Å²) in [5.41, 5.74) is 2.68. The molecule has 0 saturated heterocycles. The highest BCUT2D eigenvalue weighted by molar-refractivity contribution is 6.03. The first-order valence-electron chi connectivity index (χ1n) is 8.40. The normalized spacial score (nSPS) is 16.5. The fourth-order valence-electron chi connectivity index (χ4n) is 2.95. The van der Waals surface area contributed by atoms with Crippen LogP contribution in [0.2, 0.25) is 0 Å². The highest BCUT2D eigenvalue weighted by atomic mass is 16.5. The lowest BCUT2D eigenvalue weighted by atomic mass is 9.92. The third kappa shape index (κ3) is 3.37. The van der Waals surface area contributed by atoms with Crippen molar-refractivity contribution in [3.05, 3.63) is 53.6 Å². The lowest BCUT2D eigenvalue weighted by Crippen LogP contribution is -2.22. The molecule has 1 N–H and O–H groups in total. The molecule has 0 radical (unpaired) electrons. The number of benzene rings is 2. The molecule has 0 aliphatic carbocycles. The Hall–Kier alpha value is -2.49. The number of hydrogen-bond donors (Lipinski definition) is 1. The molecule has 2 aromatic rings. The number of para-hydroxylation sites is 1. The molecule has 1 unspecified atom stereocenters. The van der Waals surface area contributed by atoms with Crippen LogP contribution in [0.4, 0.5) is 5.69 Å². The van der Waals surface area contributed by atoms with Crippen molar-refractivity contribution in [1.82, 2.24) is 0 Å². The van der Waals surface area contributed by atoms with Crippen molar-refractivity contribution in [3.63, 3.8) is 0 Å². The predicted molar refractivity (Wildman–Crippen MR) is 95.1 cm³/mol. The Balaban J connectivity index is 1.90. The number of Topliss-reactive ketones (excluding diaryl/α,β-unsaturated/α-hetero) is 1. The molecule has 0 aromatic heterocycles. The van der Waals surface area contributed by atoms with Gasteiger partial charge in [-0.3, -0.25) is 4.79 Å². The van der Waals surface area contributed by atoms with Gasteiger partial charge in [0.2, 0.25) is 0 Å². The van der Waals surface area contributed by atoms with Crippen LogP contribution in [0.25, 0.3) is 0 Å². The van der Waals surface area contributed by atoms with Crippen LogP contribution in [-0.4, -0.2) is 18.5 Å². The minimum atomic E-state index is -0.0558. The van der Waals surface area contributed by atoms with Gasteiger partial charge in [-0.15, -0.1) is 0 Å². The second-order valence-electron chi connectivity index (χ2n) is 6.18. The van der Waals surface area contributed by atoms with Gasteiger partial charge in [-0.05, 0) is 50.6 Å². The van der Waals surface area contributed by atoms with Crippen LogP contribution in [0.15, 0.2) is 42.5 Å². The summed E-state index contributed by atoms with van der Waals surface area (Å²) in [6.07, 6.45) is 0.517. The Morgan fingerprint density at radius 3 is 2.71 bits per heavy atom. The largest absolute Gasteiger partial charge is 0.490 e. The highest BCUT2D eigenvalue weighted by Gasteiger charge is 2.26. The van der Waals surface area contributed by atoms with Gasteiger partial charge >= 0.3 is 0 Å². The number of ketones is 1. The Kier molecular flexibility index (Phi) is 4.74. The quantitative estimate of drug-likeness (QED) is 0.872. The molecule has 0 spiro atoms. The van der Waals surface area contributed by atoms with Crippen LogP contribution in [0.3, 0.4) is 0 Å². The minimum absolute atomic E-state index is 0.0558. The Morgan fingerprint density at radius 1 is 1.17 bits per heavy atom. The summed E-state index contributed by atoms with van der Waals surface area (Å²) in [5.74, 6) is 1.62. The number of fused-ring (bicyclic) bond motifs is 1. The van der Waals surface area contributed by atoms with Gasteiger partial charge in [0, 0.05) is 17.7 Å². The molecular weight excluding hydrogens is 302 g/mol. The molecule has 24 heavy (non-hydrogen) atoms. The molecule has 0 amide bonds. The molecule has 126 valence electrons. The molecule has 1 heterocycles. The Morgan fingerprint density at radius 2 is 1.96 bits per heavy atom. The van der Waals surface area contributed by atoms with Gasteiger partial charge in [0.15, 0.2) is 17.3 Å². The van der Waals surface area contributed by atoms with E-state index in [0.717, 1.165) is 28.3 Å². The summed E-state index contributed by atoms with van der Waals surface area (Å²) < 4.78 is 11.5. The van der Waals surface area contributed by atoms with E-state index in [1.807, 2.05) is 63.2 Å². The van der Waals surface area contributed by atoms with Crippen LogP contribution in [0.1, 0.15) is 49.2 Å². The van der Waals surface area contributed by atoms with E-state index in [1.54, 1.807) is 0 Å². The number of carbonyl (C=O) groups is 1. The fourth-order valence-corrected chi connectivity index (χ4v) is 2.95. The lowest BCUT2D eigenvalue weighted by molar-refractivity contribution is 0.0972. The number of ether oxygens (including phenoxy) is 2. The van der Waals surface area contributed by atoms with Gasteiger partial charge in [0.05, 0.1) is 18.8 Å². The zero-order valence-electron chi connectivity index (χ0n) is 14.3. The number of rotatable bonds is 5. The SMILES string of the molecule is CCOc1cc(C2CC(=O)c3ccccc3N2)ccc1OC(C)C. The van der Waals surface area contributed by atoms with Gasteiger partial charge < -0.3 is 14.8 Å². The van der Waals surface area contributed by atoms with Crippen molar-refractivity contribution >= 4 is 11.5 Å². The standard InChI is InChI=1S/C20H23NO3/c1-4-23-20-11-14(9-10-19(20)24-13(2)3)17-12-18(22)15-7-5-6-8-16(15)21-17/h5-11,13,17,21H,4,12H2,1-3H3. The van der Waals surface area contributed by atoms with E-state index < -0.39 is 0 Å². The topological polar surface area (TPSA) is 47.6 Å². The second kappa shape index (κ2) is 6.95. The summed E-state index contributed by atoms with van der Waals surface area (Å²) in [4.78, 5) is 12.4. The summed E-state index contributed by atoms with van der Waals surface area (Å²) in [6.45, 7) is 6.49. The average Bonchev–Trinajstić information content (AvgIpc) is 2.56. The van der Waals surface area contributed by atoms with Crippen LogP contribution in [0.5, 0.6) is 11.5 Å². The van der Waals surface area contributed by atoms with Gasteiger partial charge in [-0.25, -0.2) is 0 Å². The first kappa shape index (κ1) is 16.4. The Labute approximate surface area is 142 Å². The number of carbonyl (C=O) groups excluding carboxylic acids is 1. The smallest absolute Gasteiger partial charge is 0.167 e. The first-order valence-corrected chi connectivity index (χ1v) is 8.40. The zero-order valence-corrected chi connectivity index (χ0v) is 14.3. The van der Waals surface area contributed by atoms with Crippen molar-refractivity contribution in [2.24, 2.45) is 0 Å². The summed E-state index contributed by atoms with van der Waals surface area (Å²) >= 11 is 0. The van der Waals surface area contributed by atoms with Crippen molar-refractivity contribution in [2.45, 2.75) is 39.3 Å². The van der Waals surface area contributed by atoms with Gasteiger partial charge in [-0.1, -0.05) is 18.2 Å². The van der Waals surface area contributed by atoms with E-state index in [2.05, 4.69) is 5.32 Å². The fraction of sp³-hybridized carbons (Fsp3) is 0.350. The average molecular weight is 325 g/mol. The van der Waals surface area contributed by atoms with Crippen LogP contribution in [-0.2, 0) is 0 Å². The molecule has 1 aliphatic rings. The number of anilines is 1. The molecule has 1 aliphatic heterocycles. The van der Waals surface area contributed by atoms with Gasteiger partial charge in [0.1, 0.15) is 0 Å². The first-order chi connectivity index (χ1) is 11.6. The van der Waals surface area contributed by atoms with Crippen molar-refractivity contribution < 1.29 is 14.3 Å². The summed E-state index contributed by atoms with van der Waals surface area (Å²) in [5, 5.41) is 3.46. The number of hydrogen-bond acceptors (Lipinski definition) is 4. The summed E-state index contributed by atoms with van der Waals surface area (Å²) in [6, 6.07) is 13.5. The Bertz CT molecular complexity index is 739. The third-order valence-corrected chi connectivity index (χ3v) is 3.98. The minimum Gasteiger partial charge on any atom is -0.490 e.